The van der Waals surface area contributed by atoms with Crippen molar-refractivity contribution in [2.75, 3.05) is 32.9 Å². The van der Waals surface area contributed by atoms with Gasteiger partial charge in [-0.25, -0.2) is 12.7 Å². The zero-order chi connectivity index (χ0) is 14.2. The molecule has 0 radical (unpaired) electrons. The molecule has 0 rings (SSSR count). The second-order valence-corrected chi connectivity index (χ2v) is 6.96. The molecule has 0 aliphatic rings. The van der Waals surface area contributed by atoms with Gasteiger partial charge in [0, 0.05) is 33.1 Å². The smallest absolute Gasteiger partial charge is 0.220 e. The maximum absolute atomic E-state index is 11.4. The highest BCUT2D eigenvalue weighted by molar-refractivity contribution is 7.89. The normalized spacial score (nSPS) is 12.1. The van der Waals surface area contributed by atoms with Gasteiger partial charge in [0.2, 0.25) is 15.9 Å². The van der Waals surface area contributed by atoms with Crippen LogP contribution in [0.4, 0.5) is 0 Å². The molecule has 0 saturated carbocycles. The molecule has 0 bridgehead atoms. The standard InChI is InChI=1S/C11H25N3O3S/c1-10(2)12-7-5-6-11(15)13-8-9-18(16,17)14(3)4/h10,12H,5-9H2,1-4H3,(H,13,15). The van der Waals surface area contributed by atoms with Crippen LogP contribution in [0.15, 0.2) is 0 Å². The Morgan fingerprint density at radius 2 is 1.83 bits per heavy atom. The summed E-state index contributed by atoms with van der Waals surface area (Å²) in [5.74, 6) is -0.162. The third-order valence-corrected chi connectivity index (χ3v) is 4.20. The molecule has 6 nitrogen and oxygen atoms in total. The van der Waals surface area contributed by atoms with Crippen LogP contribution in [0.3, 0.4) is 0 Å². The van der Waals surface area contributed by atoms with Crippen molar-refractivity contribution in [1.29, 1.82) is 0 Å². The average Bonchev–Trinajstić information content (AvgIpc) is 2.23. The Kier molecular flexibility index (Phi) is 8.13. The molecule has 0 atom stereocenters. The molecule has 0 unspecified atom stereocenters. The summed E-state index contributed by atoms with van der Waals surface area (Å²) in [6.07, 6.45) is 1.17. The predicted molar refractivity (Wildman–Crippen MR) is 72.9 cm³/mol. The topological polar surface area (TPSA) is 78.5 Å². The summed E-state index contributed by atoms with van der Waals surface area (Å²) < 4.78 is 24.0. The number of rotatable bonds is 9. The summed E-state index contributed by atoms with van der Waals surface area (Å²) in [4.78, 5) is 11.4. The number of hydrogen-bond donors (Lipinski definition) is 2. The van der Waals surface area contributed by atoms with Crippen LogP contribution in [-0.2, 0) is 14.8 Å². The van der Waals surface area contributed by atoms with Gasteiger partial charge in [-0.2, -0.15) is 0 Å². The van der Waals surface area contributed by atoms with Gasteiger partial charge in [-0.05, 0) is 13.0 Å². The van der Waals surface area contributed by atoms with E-state index in [1.54, 1.807) is 0 Å². The first-order valence-corrected chi connectivity index (χ1v) is 7.77. The van der Waals surface area contributed by atoms with E-state index in [0.717, 1.165) is 17.3 Å². The van der Waals surface area contributed by atoms with Crippen LogP contribution in [0.5, 0.6) is 0 Å². The molecule has 108 valence electrons. The van der Waals surface area contributed by atoms with E-state index < -0.39 is 10.0 Å². The molecule has 0 spiro atoms. The van der Waals surface area contributed by atoms with Gasteiger partial charge in [0.05, 0.1) is 5.75 Å². The molecule has 0 aliphatic carbocycles. The number of amides is 1. The molecule has 0 saturated heterocycles. The Morgan fingerprint density at radius 3 is 2.33 bits per heavy atom. The van der Waals surface area contributed by atoms with Crippen LogP contribution in [0.1, 0.15) is 26.7 Å². The zero-order valence-electron chi connectivity index (χ0n) is 11.7. The van der Waals surface area contributed by atoms with E-state index in [-0.39, 0.29) is 18.2 Å². The van der Waals surface area contributed by atoms with Crippen molar-refractivity contribution < 1.29 is 13.2 Å². The first-order valence-electron chi connectivity index (χ1n) is 6.16. The summed E-state index contributed by atoms with van der Waals surface area (Å²) in [6.45, 7) is 5.05. The molecule has 0 aromatic carbocycles. The lowest BCUT2D eigenvalue weighted by atomic mass is 10.3. The summed E-state index contributed by atoms with van der Waals surface area (Å²) >= 11 is 0. The molecule has 0 aromatic heterocycles. The lowest BCUT2D eigenvalue weighted by Crippen LogP contribution is -2.34. The molecular formula is C11H25N3O3S. The summed E-state index contributed by atoms with van der Waals surface area (Å²) in [6, 6.07) is 0.415. The zero-order valence-corrected chi connectivity index (χ0v) is 12.5. The van der Waals surface area contributed by atoms with Gasteiger partial charge >= 0.3 is 0 Å². The third-order valence-electron chi connectivity index (χ3n) is 2.37. The van der Waals surface area contributed by atoms with Crippen LogP contribution in [-0.4, -0.2) is 57.6 Å². The maximum atomic E-state index is 11.4. The van der Waals surface area contributed by atoms with E-state index in [1.807, 2.05) is 13.8 Å². The highest BCUT2D eigenvalue weighted by Crippen LogP contribution is 1.93. The van der Waals surface area contributed by atoms with Crippen molar-refractivity contribution in [2.24, 2.45) is 0 Å². The van der Waals surface area contributed by atoms with Crippen LogP contribution in [0.25, 0.3) is 0 Å². The Balaban J connectivity index is 3.66. The van der Waals surface area contributed by atoms with Crippen molar-refractivity contribution >= 4 is 15.9 Å². The maximum Gasteiger partial charge on any atom is 0.220 e. The van der Waals surface area contributed by atoms with E-state index in [4.69, 9.17) is 0 Å². The number of carbonyl (C=O) groups excluding carboxylic acids is 1. The number of carbonyl (C=O) groups is 1. The van der Waals surface area contributed by atoms with Gasteiger partial charge in [0.15, 0.2) is 0 Å². The minimum absolute atomic E-state index is 0.0595. The SMILES string of the molecule is CC(C)NCCCC(=O)NCCS(=O)(=O)N(C)C. The lowest BCUT2D eigenvalue weighted by Gasteiger charge is -2.11. The largest absolute Gasteiger partial charge is 0.355 e. The van der Waals surface area contributed by atoms with Crippen molar-refractivity contribution in [3.8, 4) is 0 Å². The molecule has 1 amide bonds. The molecular weight excluding hydrogens is 254 g/mol. The van der Waals surface area contributed by atoms with Crippen molar-refractivity contribution in [3.63, 3.8) is 0 Å². The summed E-state index contributed by atoms with van der Waals surface area (Å²) in [5, 5.41) is 5.82. The summed E-state index contributed by atoms with van der Waals surface area (Å²) in [5.41, 5.74) is 0. The van der Waals surface area contributed by atoms with Crippen LogP contribution in [0.2, 0.25) is 0 Å². The van der Waals surface area contributed by atoms with E-state index in [2.05, 4.69) is 10.6 Å². The lowest BCUT2D eigenvalue weighted by molar-refractivity contribution is -0.121. The van der Waals surface area contributed by atoms with Crippen LogP contribution in [0, 0.1) is 0 Å². The average molecular weight is 279 g/mol. The van der Waals surface area contributed by atoms with E-state index >= 15 is 0 Å². The van der Waals surface area contributed by atoms with Crippen molar-refractivity contribution in [3.05, 3.63) is 0 Å². The second-order valence-electron chi connectivity index (χ2n) is 4.66. The molecule has 0 aromatic rings. The van der Waals surface area contributed by atoms with E-state index in [1.165, 1.54) is 14.1 Å². The van der Waals surface area contributed by atoms with Gasteiger partial charge in [0.25, 0.3) is 0 Å². The molecule has 0 aliphatic heterocycles. The highest BCUT2D eigenvalue weighted by Gasteiger charge is 2.13. The number of sulfonamides is 1. The Hall–Kier alpha value is -0.660. The second kappa shape index (κ2) is 8.44. The number of hydrogen-bond acceptors (Lipinski definition) is 4. The van der Waals surface area contributed by atoms with Gasteiger partial charge < -0.3 is 10.6 Å². The van der Waals surface area contributed by atoms with Gasteiger partial charge in [-0.15, -0.1) is 0 Å². The third kappa shape index (κ3) is 8.43. The Labute approximate surface area is 110 Å². The number of nitrogens with zero attached hydrogens (tertiary/aromatic N) is 1. The molecule has 0 fully saturated rings. The predicted octanol–water partition coefficient (Wildman–Crippen LogP) is -0.228. The van der Waals surface area contributed by atoms with Gasteiger partial charge in [-0.3, -0.25) is 4.79 Å². The van der Waals surface area contributed by atoms with E-state index in [0.29, 0.717) is 12.5 Å². The monoisotopic (exact) mass is 279 g/mol. The molecule has 18 heavy (non-hydrogen) atoms. The van der Waals surface area contributed by atoms with E-state index in [9.17, 15) is 13.2 Å². The van der Waals surface area contributed by atoms with Crippen LogP contribution < -0.4 is 10.6 Å². The number of nitrogens with one attached hydrogen (secondary N) is 2. The van der Waals surface area contributed by atoms with Crippen LogP contribution >= 0.6 is 0 Å². The fourth-order valence-electron chi connectivity index (χ4n) is 1.23. The fraction of sp³-hybridized carbons (Fsp3) is 0.909. The van der Waals surface area contributed by atoms with Gasteiger partial charge in [-0.1, -0.05) is 13.8 Å². The van der Waals surface area contributed by atoms with Crippen molar-refractivity contribution in [1.82, 2.24) is 14.9 Å². The fourth-order valence-corrected chi connectivity index (χ4v) is 1.96. The minimum atomic E-state index is -3.22. The first-order chi connectivity index (χ1) is 8.25. The van der Waals surface area contributed by atoms with Gasteiger partial charge in [0.1, 0.15) is 0 Å². The molecule has 7 heteroatoms. The molecule has 0 heterocycles. The van der Waals surface area contributed by atoms with Crippen molar-refractivity contribution in [2.45, 2.75) is 32.7 Å². The molecule has 2 N–H and O–H groups in total. The quantitative estimate of drug-likeness (QED) is 0.572. The first kappa shape index (κ1) is 17.3. The minimum Gasteiger partial charge on any atom is -0.355 e. The Morgan fingerprint density at radius 1 is 1.22 bits per heavy atom. The summed E-state index contributed by atoms with van der Waals surface area (Å²) in [7, 11) is -0.262. The highest BCUT2D eigenvalue weighted by atomic mass is 32.2. The Bertz CT molecular complexity index is 339.